The Balaban J connectivity index is 1.88. The van der Waals surface area contributed by atoms with E-state index in [0.717, 1.165) is 23.7 Å². The smallest absolute Gasteiger partial charge is 0.269 e. The molecule has 0 unspecified atom stereocenters. The summed E-state index contributed by atoms with van der Waals surface area (Å²) in [7, 11) is 0. The van der Waals surface area contributed by atoms with Crippen LogP contribution in [0.15, 0.2) is 0 Å². The maximum atomic E-state index is 11.4. The summed E-state index contributed by atoms with van der Waals surface area (Å²) in [5, 5.41) is 2.02. The summed E-state index contributed by atoms with van der Waals surface area (Å²) in [6, 6.07) is -0.558. The maximum Gasteiger partial charge on any atom is 0.331 e. The third-order valence-corrected chi connectivity index (χ3v) is 3.89. The molecule has 94 valence electrons. The number of rotatable bonds is 3. The van der Waals surface area contributed by atoms with Crippen molar-refractivity contribution in [2.45, 2.75) is 39.0 Å². The van der Waals surface area contributed by atoms with Gasteiger partial charge in [-0.05, 0) is 24.7 Å². The molecule has 17 heavy (non-hydrogen) atoms. The van der Waals surface area contributed by atoms with Crippen LogP contribution in [0.25, 0.3) is 0 Å². The molecule has 0 aromatic heterocycles. The first-order chi connectivity index (χ1) is 8.11. The largest absolute Gasteiger partial charge is 0.331 e. The van der Waals surface area contributed by atoms with Crippen molar-refractivity contribution in [3.05, 3.63) is 0 Å². The number of hydrogen-bond acceptors (Lipinski definition) is 3. The van der Waals surface area contributed by atoms with E-state index >= 15 is 0 Å². The second kappa shape index (κ2) is 4.85. The van der Waals surface area contributed by atoms with Crippen molar-refractivity contribution < 1.29 is 14.4 Å². The molecule has 1 N–H and O–H groups in total. The summed E-state index contributed by atoms with van der Waals surface area (Å²) in [4.78, 5) is 34.8. The highest BCUT2D eigenvalue weighted by Crippen LogP contribution is 2.31. The molecule has 0 aromatic carbocycles. The molecule has 0 spiro atoms. The molecule has 2 aliphatic rings. The van der Waals surface area contributed by atoms with Crippen molar-refractivity contribution in [1.82, 2.24) is 10.2 Å². The number of amides is 4. The highest BCUT2D eigenvalue weighted by atomic mass is 16.2. The van der Waals surface area contributed by atoms with E-state index in [1.807, 2.05) is 5.32 Å². The maximum absolute atomic E-state index is 11.4. The Morgan fingerprint density at radius 1 is 1.12 bits per heavy atom. The predicted octanol–water partition coefficient (Wildman–Crippen LogP) is 1.28. The molecule has 1 saturated heterocycles. The fourth-order valence-electron chi connectivity index (χ4n) is 2.68. The lowest BCUT2D eigenvalue weighted by molar-refractivity contribution is -0.140. The number of carbonyl (C=O) groups excluding carboxylic acids is 3. The molecule has 0 aromatic rings. The van der Waals surface area contributed by atoms with Gasteiger partial charge in [0.05, 0.1) is 0 Å². The molecule has 4 amide bonds. The van der Waals surface area contributed by atoms with Crippen LogP contribution in [0.4, 0.5) is 4.79 Å². The second-order valence-electron chi connectivity index (χ2n) is 4.97. The zero-order valence-electron chi connectivity index (χ0n) is 10.1. The second-order valence-corrected chi connectivity index (χ2v) is 4.97. The Kier molecular flexibility index (Phi) is 3.45. The van der Waals surface area contributed by atoms with Crippen molar-refractivity contribution in [2.75, 3.05) is 6.54 Å². The number of carbonyl (C=O) groups is 3. The van der Waals surface area contributed by atoms with E-state index in [1.54, 1.807) is 0 Å². The van der Waals surface area contributed by atoms with Crippen LogP contribution in [-0.2, 0) is 9.59 Å². The molecule has 1 aliphatic carbocycles. The highest BCUT2D eigenvalue weighted by molar-refractivity contribution is 6.44. The van der Waals surface area contributed by atoms with E-state index in [-0.39, 0.29) is 0 Å². The van der Waals surface area contributed by atoms with Crippen molar-refractivity contribution in [1.29, 1.82) is 0 Å². The van der Waals surface area contributed by atoms with E-state index in [9.17, 15) is 14.4 Å². The van der Waals surface area contributed by atoms with Crippen molar-refractivity contribution in [3.8, 4) is 0 Å². The summed E-state index contributed by atoms with van der Waals surface area (Å²) < 4.78 is 0. The number of hydrogen-bond donors (Lipinski definition) is 1. The number of nitrogens with zero attached hydrogens (tertiary/aromatic N) is 1. The van der Waals surface area contributed by atoms with Gasteiger partial charge in [-0.1, -0.05) is 26.2 Å². The van der Waals surface area contributed by atoms with Gasteiger partial charge >= 0.3 is 17.8 Å². The van der Waals surface area contributed by atoms with Crippen LogP contribution in [0.5, 0.6) is 0 Å². The predicted molar refractivity (Wildman–Crippen MR) is 61.0 cm³/mol. The van der Waals surface area contributed by atoms with Crippen LogP contribution in [0.3, 0.4) is 0 Å². The van der Waals surface area contributed by atoms with Gasteiger partial charge in [-0.15, -0.1) is 0 Å². The average molecular weight is 238 g/mol. The standard InChI is InChI=1S/C12H18N2O3/c1-2-8-3-5-9(6-4-8)7-14-11(16)10(15)13-12(14)17/h8-9H,2-7H2,1H3,(H,13,15,17). The number of nitrogens with one attached hydrogen (secondary N) is 1. The van der Waals surface area contributed by atoms with E-state index in [4.69, 9.17) is 0 Å². The van der Waals surface area contributed by atoms with Crippen LogP contribution < -0.4 is 5.32 Å². The fourth-order valence-corrected chi connectivity index (χ4v) is 2.68. The highest BCUT2D eigenvalue weighted by Gasteiger charge is 2.38. The summed E-state index contributed by atoms with van der Waals surface area (Å²) in [6.45, 7) is 2.59. The minimum Gasteiger partial charge on any atom is -0.269 e. The molecule has 1 saturated carbocycles. The normalized spacial score (nSPS) is 29.7. The van der Waals surface area contributed by atoms with Gasteiger partial charge in [0, 0.05) is 6.54 Å². The summed E-state index contributed by atoms with van der Waals surface area (Å²) in [5.74, 6) is -0.348. The molecule has 1 heterocycles. The average Bonchev–Trinajstić information content (AvgIpc) is 2.57. The minimum atomic E-state index is -0.794. The lowest BCUT2D eigenvalue weighted by Gasteiger charge is -2.29. The monoisotopic (exact) mass is 238 g/mol. The molecule has 0 radical (unpaired) electrons. The Bertz CT molecular complexity index is 346. The molecule has 5 nitrogen and oxygen atoms in total. The first-order valence-electron chi connectivity index (χ1n) is 6.28. The van der Waals surface area contributed by atoms with E-state index < -0.39 is 17.8 Å². The van der Waals surface area contributed by atoms with Crippen LogP contribution >= 0.6 is 0 Å². The van der Waals surface area contributed by atoms with Gasteiger partial charge in [0.25, 0.3) is 0 Å². The molecule has 2 rings (SSSR count). The first-order valence-corrected chi connectivity index (χ1v) is 6.28. The van der Waals surface area contributed by atoms with Crippen LogP contribution in [0.2, 0.25) is 0 Å². The van der Waals surface area contributed by atoms with Gasteiger partial charge < -0.3 is 0 Å². The SMILES string of the molecule is CCC1CCC(CN2C(=O)NC(=O)C2=O)CC1. The minimum absolute atomic E-state index is 0.360. The molecule has 0 bridgehead atoms. The zero-order chi connectivity index (χ0) is 12.4. The Morgan fingerprint density at radius 3 is 2.18 bits per heavy atom. The fraction of sp³-hybridized carbons (Fsp3) is 0.750. The zero-order valence-corrected chi connectivity index (χ0v) is 10.1. The Morgan fingerprint density at radius 2 is 1.71 bits per heavy atom. The number of urea groups is 1. The van der Waals surface area contributed by atoms with Gasteiger partial charge in [0.15, 0.2) is 0 Å². The van der Waals surface area contributed by atoms with Crippen LogP contribution in [-0.4, -0.2) is 29.3 Å². The molecule has 5 heteroatoms. The van der Waals surface area contributed by atoms with Gasteiger partial charge in [-0.2, -0.15) is 0 Å². The lowest BCUT2D eigenvalue weighted by atomic mass is 9.81. The van der Waals surface area contributed by atoms with Crippen LogP contribution in [0, 0.1) is 11.8 Å². The molecule has 1 aliphatic heterocycles. The topological polar surface area (TPSA) is 66.5 Å². The molecule has 2 fully saturated rings. The third kappa shape index (κ3) is 2.48. The third-order valence-electron chi connectivity index (χ3n) is 3.89. The first kappa shape index (κ1) is 12.1. The van der Waals surface area contributed by atoms with Gasteiger partial charge in [-0.3, -0.25) is 19.8 Å². The van der Waals surface area contributed by atoms with Crippen molar-refractivity contribution in [2.24, 2.45) is 11.8 Å². The van der Waals surface area contributed by atoms with Crippen LogP contribution in [0.1, 0.15) is 39.0 Å². The van der Waals surface area contributed by atoms with Gasteiger partial charge in [-0.25, -0.2) is 4.79 Å². The summed E-state index contributed by atoms with van der Waals surface area (Å²) in [5.41, 5.74) is 0. The van der Waals surface area contributed by atoms with E-state index in [2.05, 4.69) is 6.92 Å². The lowest BCUT2D eigenvalue weighted by Crippen LogP contribution is -2.36. The molecule has 0 atom stereocenters. The van der Waals surface area contributed by atoms with Crippen molar-refractivity contribution in [3.63, 3.8) is 0 Å². The Hall–Kier alpha value is -1.39. The molecular weight excluding hydrogens is 220 g/mol. The summed E-state index contributed by atoms with van der Waals surface area (Å²) >= 11 is 0. The Labute approximate surface area is 101 Å². The molecular formula is C12H18N2O3. The van der Waals surface area contributed by atoms with E-state index in [1.165, 1.54) is 19.3 Å². The van der Waals surface area contributed by atoms with E-state index in [0.29, 0.717) is 12.5 Å². The summed E-state index contributed by atoms with van der Waals surface area (Å²) in [6.07, 6.45) is 5.62. The van der Waals surface area contributed by atoms with Gasteiger partial charge in [0.2, 0.25) is 0 Å². The van der Waals surface area contributed by atoms with Gasteiger partial charge in [0.1, 0.15) is 0 Å². The number of imide groups is 2. The van der Waals surface area contributed by atoms with Crippen molar-refractivity contribution >= 4 is 17.8 Å². The quantitative estimate of drug-likeness (QED) is 0.595.